The molecule has 8 aliphatic rings. The fourth-order valence-corrected chi connectivity index (χ4v) is 12.7. The molecule has 0 amide bonds. The number of aliphatic hydroxyl groups excluding tert-OH is 1. The third kappa shape index (κ3) is 10.5. The minimum atomic E-state index is -1.88. The van der Waals surface area contributed by atoms with Crippen molar-refractivity contribution in [2.45, 2.75) is 242 Å². The van der Waals surface area contributed by atoms with E-state index in [0.29, 0.717) is 50.4 Å². The maximum Gasteiger partial charge on any atom is 0.191 e. The molecule has 0 radical (unpaired) electrons. The summed E-state index contributed by atoms with van der Waals surface area (Å²) in [5, 5.41) is 10.8. The Morgan fingerprint density at radius 3 is 2.40 bits per heavy atom. The maximum atomic E-state index is 14.3. The van der Waals surface area contributed by atoms with Crippen molar-refractivity contribution in [3.05, 3.63) is 23.2 Å². The molecule has 8 rings (SSSR count). The van der Waals surface area contributed by atoms with Gasteiger partial charge in [0.15, 0.2) is 14.1 Å². The van der Waals surface area contributed by atoms with E-state index < -0.39 is 20.2 Å². The molecule has 0 aromatic rings. The first-order valence-corrected chi connectivity index (χ1v) is 27.4. The van der Waals surface area contributed by atoms with Gasteiger partial charge >= 0.3 is 0 Å². The van der Waals surface area contributed by atoms with E-state index in [4.69, 9.17) is 37.6 Å². The molecule has 6 bridgehead atoms. The Balaban J connectivity index is 1.01. The minimum Gasteiger partial charge on any atom is -0.417 e. The molecule has 8 heterocycles. The Bertz CT molecular complexity index is 1520. The number of Topliss-reactive ketones (excluding diaryl/α,β-unsaturated/α-hetero) is 1. The van der Waals surface area contributed by atoms with Crippen LogP contribution in [0.25, 0.3) is 0 Å². The van der Waals surface area contributed by atoms with Gasteiger partial charge in [-0.15, -0.1) is 0 Å². The predicted molar refractivity (Wildman–Crippen MR) is 238 cm³/mol. The lowest BCUT2D eigenvalue weighted by Crippen LogP contribution is -2.61. The predicted octanol–water partition coefficient (Wildman–Crippen LogP) is 9.74. The molecule has 8 saturated heterocycles. The summed E-state index contributed by atoms with van der Waals surface area (Å²) in [6.07, 6.45) is 8.22. The summed E-state index contributed by atoms with van der Waals surface area (Å²) in [5.74, 6) is 0.374. The van der Waals surface area contributed by atoms with Crippen LogP contribution < -0.4 is 0 Å². The molecule has 0 aliphatic carbocycles. The van der Waals surface area contributed by atoms with Crippen LogP contribution in [0, 0.1) is 23.7 Å². The summed E-state index contributed by atoms with van der Waals surface area (Å²) >= 11 is 3.38. The summed E-state index contributed by atoms with van der Waals surface area (Å²) in [6.45, 7) is 29.8. The molecule has 0 saturated carbocycles. The summed E-state index contributed by atoms with van der Waals surface area (Å²) in [7, 11) is -1.88. The highest BCUT2D eigenvalue weighted by Crippen LogP contribution is 2.54. The zero-order valence-corrected chi connectivity index (χ0v) is 40.9. The van der Waals surface area contributed by atoms with Crippen molar-refractivity contribution in [2.24, 2.45) is 23.7 Å². The summed E-state index contributed by atoms with van der Waals surface area (Å²) in [5.41, 5.74) is 1.16. The number of ether oxygens (including phenoxy) is 7. The third-order valence-electron chi connectivity index (χ3n) is 15.9. The van der Waals surface area contributed by atoms with Crippen LogP contribution in [-0.2, 0) is 42.4 Å². The Labute approximate surface area is 371 Å². The SMILES string of the molecule is C=C(Br)C[C@H](O)CC[C@@]12C[C@H]3O[C@H]4C(O1)[C@H]1O[C@@H](CC(=O)CC5C(C[C@H]6O[C@@H](CCCC)C[C@@H](C)C6=C)O[C@H](C[C@H](C)CO[Si](C)(C)C(C)(C)C)[C@@H]5C)CC[C@@H]1O[C@H]4[C@H]3O2. The lowest BCUT2D eigenvalue weighted by Gasteiger charge is -2.47. The van der Waals surface area contributed by atoms with E-state index in [2.05, 4.69) is 90.6 Å². The largest absolute Gasteiger partial charge is 0.417 e. The van der Waals surface area contributed by atoms with Gasteiger partial charge in [-0.2, -0.15) is 0 Å². The molecule has 8 aliphatic heterocycles. The van der Waals surface area contributed by atoms with Gasteiger partial charge in [-0.25, -0.2) is 0 Å². The van der Waals surface area contributed by atoms with Crippen molar-refractivity contribution < 1.29 is 47.5 Å². The van der Waals surface area contributed by atoms with Crippen LogP contribution in [0.5, 0.6) is 0 Å². The van der Waals surface area contributed by atoms with Crippen LogP contribution in [0.3, 0.4) is 0 Å². The van der Waals surface area contributed by atoms with E-state index in [0.717, 1.165) is 68.0 Å². The van der Waals surface area contributed by atoms with E-state index in [1.165, 1.54) is 0 Å². The van der Waals surface area contributed by atoms with Gasteiger partial charge in [0, 0.05) is 45.1 Å². The Morgan fingerprint density at radius 2 is 1.68 bits per heavy atom. The third-order valence-corrected chi connectivity index (χ3v) is 20.7. The van der Waals surface area contributed by atoms with Gasteiger partial charge < -0.3 is 42.7 Å². The minimum absolute atomic E-state index is 0.0397. The highest BCUT2D eigenvalue weighted by atomic mass is 79.9. The van der Waals surface area contributed by atoms with Crippen molar-refractivity contribution in [3.8, 4) is 0 Å². The van der Waals surface area contributed by atoms with Gasteiger partial charge in [0.1, 0.15) is 36.3 Å². The molecule has 1 N–H and O–H groups in total. The van der Waals surface area contributed by atoms with Crippen LogP contribution in [0.15, 0.2) is 23.2 Å². The molecule has 0 aromatic carbocycles. The van der Waals surface area contributed by atoms with Crippen LogP contribution in [0.2, 0.25) is 18.1 Å². The Morgan fingerprint density at radius 1 is 0.967 bits per heavy atom. The summed E-state index contributed by atoms with van der Waals surface area (Å²) < 4.78 is 54.9. The van der Waals surface area contributed by atoms with Crippen molar-refractivity contribution in [2.75, 3.05) is 6.61 Å². The second-order valence-corrected chi connectivity index (χ2v) is 27.6. The van der Waals surface area contributed by atoms with Crippen molar-refractivity contribution >= 4 is 30.0 Å². The highest BCUT2D eigenvalue weighted by Gasteiger charge is 2.68. The average molecular weight is 924 g/mol. The summed E-state index contributed by atoms with van der Waals surface area (Å²) in [4.78, 5) is 14.3. The number of ketones is 1. The lowest BCUT2D eigenvalue weighted by atomic mass is 9.78. The second-order valence-electron chi connectivity index (χ2n) is 21.7. The standard InChI is InChI=1S/C48H79BrO10Si/c1-12-13-14-34-20-28(3)30(5)39(53-34)24-40-36(31(6)38(55-40)19-27(2)26-52-60(10,11)47(7,8)9)23-33(51)22-35-15-16-37-42(54-35)46-45-44(56-37)43-41(57-45)25-48(58-43,59-46)18-17-32(50)21-29(4)49/h27-28,31-32,34-46,50H,4-5,12-26H2,1-3,6-11H3/t27-,28+,31+,32+,34-,35+,36?,37-,38+,39+,40?,41+,42-,43-,44-,45+,46?,48-/m0/s1. The molecule has 12 heteroatoms. The van der Waals surface area contributed by atoms with E-state index in [-0.39, 0.29) is 95.9 Å². The van der Waals surface area contributed by atoms with Gasteiger partial charge in [-0.1, -0.05) is 90.4 Å². The fourth-order valence-electron chi connectivity index (χ4n) is 11.2. The highest BCUT2D eigenvalue weighted by molar-refractivity contribution is 9.11. The molecule has 0 aromatic heterocycles. The molecule has 60 heavy (non-hydrogen) atoms. The van der Waals surface area contributed by atoms with Gasteiger partial charge in [0.25, 0.3) is 0 Å². The number of aliphatic hydroxyl groups is 1. The summed E-state index contributed by atoms with van der Waals surface area (Å²) in [6, 6.07) is 0. The Kier molecular flexibility index (Phi) is 15.1. The smallest absolute Gasteiger partial charge is 0.191 e. The van der Waals surface area contributed by atoms with Crippen molar-refractivity contribution in [3.63, 3.8) is 0 Å². The first-order valence-electron chi connectivity index (χ1n) is 23.7. The van der Waals surface area contributed by atoms with Gasteiger partial charge in [0.2, 0.25) is 0 Å². The van der Waals surface area contributed by atoms with E-state index >= 15 is 0 Å². The number of unbranched alkanes of at least 4 members (excludes halogenated alkanes) is 1. The first-order chi connectivity index (χ1) is 28.3. The molecule has 3 unspecified atom stereocenters. The van der Waals surface area contributed by atoms with E-state index in [9.17, 15) is 9.90 Å². The van der Waals surface area contributed by atoms with Crippen LogP contribution in [0.1, 0.15) is 138 Å². The van der Waals surface area contributed by atoms with Crippen molar-refractivity contribution in [1.29, 1.82) is 0 Å². The zero-order valence-electron chi connectivity index (χ0n) is 38.3. The molecule has 10 nitrogen and oxygen atoms in total. The average Bonchev–Trinajstić information content (AvgIpc) is 3.71. The van der Waals surface area contributed by atoms with Gasteiger partial charge in [0.05, 0.1) is 48.8 Å². The molecule has 8 fully saturated rings. The number of hydrogen-bond acceptors (Lipinski definition) is 10. The van der Waals surface area contributed by atoms with Crippen LogP contribution in [0.4, 0.5) is 0 Å². The lowest BCUT2D eigenvalue weighted by molar-refractivity contribution is -0.292. The normalized spacial score (nSPS) is 42.2. The molecular weight excluding hydrogens is 845 g/mol. The number of fused-ring (bicyclic) bond motifs is 1. The molecular formula is C48H79BrO10Si. The molecule has 18 atom stereocenters. The zero-order chi connectivity index (χ0) is 43.3. The van der Waals surface area contributed by atoms with E-state index in [1.807, 2.05) is 0 Å². The monoisotopic (exact) mass is 922 g/mol. The number of hydrogen-bond donors (Lipinski definition) is 1. The maximum absolute atomic E-state index is 14.3. The Hall–Kier alpha value is -0.513. The first kappa shape index (κ1) is 47.4. The molecule has 0 spiro atoms. The molecule has 342 valence electrons. The topological polar surface area (TPSA) is 111 Å². The second kappa shape index (κ2) is 19.1. The van der Waals surface area contributed by atoms with Gasteiger partial charge in [-0.05, 0) is 90.4 Å². The number of rotatable bonds is 19. The van der Waals surface area contributed by atoms with Gasteiger partial charge in [-0.3, -0.25) is 4.79 Å². The van der Waals surface area contributed by atoms with E-state index in [1.54, 1.807) is 0 Å². The van der Waals surface area contributed by atoms with Crippen molar-refractivity contribution in [1.82, 2.24) is 0 Å². The number of halogens is 1. The quantitative estimate of drug-likeness (QED) is 0.0994. The number of carbonyl (C=O) groups is 1. The van der Waals surface area contributed by atoms with Crippen LogP contribution in [-0.4, -0.2) is 111 Å². The number of carbonyl (C=O) groups excluding carboxylic acids is 1. The fraction of sp³-hybridized carbons (Fsp3) is 0.896. The van der Waals surface area contributed by atoms with Crippen LogP contribution >= 0.6 is 15.9 Å².